The molecule has 1 N–H and O–H groups in total. The van der Waals surface area contributed by atoms with Crippen molar-refractivity contribution in [3.8, 4) is 11.8 Å². The van der Waals surface area contributed by atoms with E-state index in [0.29, 0.717) is 5.75 Å². The van der Waals surface area contributed by atoms with E-state index in [4.69, 9.17) is 10.00 Å². The molecule has 0 saturated heterocycles. The highest BCUT2D eigenvalue weighted by molar-refractivity contribution is 9.10. The molecule has 0 spiro atoms. The Morgan fingerprint density at radius 1 is 1.67 bits per heavy atom. The number of hydrogen-bond acceptors (Lipinski definition) is 4. The molecule has 0 atom stereocenters. The smallest absolute Gasteiger partial charge is 0.258 e. The van der Waals surface area contributed by atoms with E-state index in [0.717, 1.165) is 4.47 Å². The summed E-state index contributed by atoms with van der Waals surface area (Å²) >= 11 is 3.22. The zero-order valence-corrected chi connectivity index (χ0v) is 9.32. The Bertz CT molecular complexity index is 389. The quantitative estimate of drug-likeness (QED) is 0.823. The molecule has 1 aromatic heterocycles. The third-order valence-electron chi connectivity index (χ3n) is 1.41. The molecule has 0 unspecified atom stereocenters. The van der Waals surface area contributed by atoms with E-state index in [2.05, 4.69) is 26.2 Å². The van der Waals surface area contributed by atoms with Crippen LogP contribution in [0.3, 0.4) is 0 Å². The lowest BCUT2D eigenvalue weighted by Gasteiger charge is -2.04. The van der Waals surface area contributed by atoms with Crippen LogP contribution in [0.25, 0.3) is 0 Å². The van der Waals surface area contributed by atoms with Crippen molar-refractivity contribution < 1.29 is 9.53 Å². The summed E-state index contributed by atoms with van der Waals surface area (Å²) in [6, 6.07) is 3.50. The van der Waals surface area contributed by atoms with Crippen LogP contribution in [0.5, 0.6) is 5.75 Å². The van der Waals surface area contributed by atoms with Gasteiger partial charge in [0.05, 0.1) is 12.3 Å². The monoisotopic (exact) mass is 269 g/mol. The van der Waals surface area contributed by atoms with Gasteiger partial charge >= 0.3 is 0 Å². The number of pyridine rings is 1. The van der Waals surface area contributed by atoms with Crippen LogP contribution in [0.2, 0.25) is 0 Å². The molecule has 15 heavy (non-hydrogen) atoms. The van der Waals surface area contributed by atoms with E-state index in [1.54, 1.807) is 18.3 Å². The summed E-state index contributed by atoms with van der Waals surface area (Å²) in [5, 5.41) is 10.6. The molecule has 1 amide bonds. The lowest BCUT2D eigenvalue weighted by Crippen LogP contribution is -2.29. The molecule has 0 aromatic carbocycles. The van der Waals surface area contributed by atoms with Gasteiger partial charge in [-0.25, -0.2) is 0 Å². The average Bonchev–Trinajstić information content (AvgIpc) is 2.23. The first-order chi connectivity index (χ1) is 7.22. The Hall–Kier alpha value is -1.61. The van der Waals surface area contributed by atoms with Gasteiger partial charge in [0.1, 0.15) is 12.3 Å². The van der Waals surface area contributed by atoms with Gasteiger partial charge in [-0.2, -0.15) is 5.26 Å². The topological polar surface area (TPSA) is 75.0 Å². The zero-order valence-electron chi connectivity index (χ0n) is 7.74. The summed E-state index contributed by atoms with van der Waals surface area (Å²) in [6.07, 6.45) is 3.12. The van der Waals surface area contributed by atoms with E-state index >= 15 is 0 Å². The number of nitrogens with one attached hydrogen (secondary N) is 1. The summed E-state index contributed by atoms with van der Waals surface area (Å²) in [6.45, 7) is -0.140. The van der Waals surface area contributed by atoms with Crippen LogP contribution in [-0.4, -0.2) is 24.0 Å². The molecule has 0 aliphatic carbocycles. The molecule has 0 fully saturated rings. The van der Waals surface area contributed by atoms with Crippen LogP contribution in [-0.2, 0) is 4.79 Å². The standard InChI is InChI=1S/C9H8BrN3O2/c10-7-3-8(5-12-4-7)15-6-9(14)13-2-1-11/h3-5H,2,6H2,(H,13,14). The first-order valence-corrected chi connectivity index (χ1v) is 4.88. The fourth-order valence-corrected chi connectivity index (χ4v) is 1.15. The summed E-state index contributed by atoms with van der Waals surface area (Å²) in [7, 11) is 0. The predicted octanol–water partition coefficient (Wildman–Crippen LogP) is 0.863. The van der Waals surface area contributed by atoms with Crippen molar-refractivity contribution in [3.63, 3.8) is 0 Å². The van der Waals surface area contributed by atoms with Crippen LogP contribution < -0.4 is 10.1 Å². The van der Waals surface area contributed by atoms with Crippen molar-refractivity contribution in [2.24, 2.45) is 0 Å². The molecule has 78 valence electrons. The van der Waals surface area contributed by atoms with Crippen molar-refractivity contribution in [3.05, 3.63) is 22.9 Å². The number of nitriles is 1. The fraction of sp³-hybridized carbons (Fsp3) is 0.222. The first kappa shape index (κ1) is 11.5. The Morgan fingerprint density at radius 2 is 2.47 bits per heavy atom. The zero-order chi connectivity index (χ0) is 11.1. The van der Waals surface area contributed by atoms with Gasteiger partial charge in [-0.15, -0.1) is 0 Å². The number of amides is 1. The Balaban J connectivity index is 2.37. The summed E-state index contributed by atoms with van der Waals surface area (Å²) in [5.41, 5.74) is 0. The number of rotatable bonds is 4. The first-order valence-electron chi connectivity index (χ1n) is 4.09. The average molecular weight is 270 g/mol. The minimum absolute atomic E-state index is 0.0150. The molecule has 0 bridgehead atoms. The minimum atomic E-state index is -0.337. The van der Waals surface area contributed by atoms with Gasteiger partial charge in [0, 0.05) is 10.7 Å². The van der Waals surface area contributed by atoms with Crippen LogP contribution in [0, 0.1) is 11.3 Å². The van der Waals surface area contributed by atoms with Crippen LogP contribution in [0.15, 0.2) is 22.9 Å². The molecule has 0 radical (unpaired) electrons. The van der Waals surface area contributed by atoms with E-state index in [1.807, 2.05) is 0 Å². The molecule has 0 saturated carbocycles. The molecule has 1 rings (SSSR count). The second-order valence-corrected chi connectivity index (χ2v) is 3.48. The van der Waals surface area contributed by atoms with Crippen molar-refractivity contribution in [2.75, 3.05) is 13.2 Å². The predicted molar refractivity (Wildman–Crippen MR) is 56.1 cm³/mol. The van der Waals surface area contributed by atoms with Gasteiger partial charge in [0.25, 0.3) is 5.91 Å². The number of carbonyl (C=O) groups excluding carboxylic acids is 1. The van der Waals surface area contributed by atoms with Crippen LogP contribution in [0.4, 0.5) is 0 Å². The second kappa shape index (κ2) is 5.98. The molecule has 1 aromatic rings. The van der Waals surface area contributed by atoms with Crippen molar-refractivity contribution >= 4 is 21.8 Å². The van der Waals surface area contributed by atoms with Gasteiger partial charge in [-0.1, -0.05) is 0 Å². The molecule has 6 heteroatoms. The van der Waals surface area contributed by atoms with E-state index in [-0.39, 0.29) is 19.1 Å². The third kappa shape index (κ3) is 4.42. The van der Waals surface area contributed by atoms with E-state index in [1.165, 1.54) is 6.20 Å². The van der Waals surface area contributed by atoms with Gasteiger partial charge < -0.3 is 10.1 Å². The highest BCUT2D eigenvalue weighted by Crippen LogP contribution is 2.15. The van der Waals surface area contributed by atoms with Crippen molar-refractivity contribution in [2.45, 2.75) is 0 Å². The number of carbonyl (C=O) groups is 1. The van der Waals surface area contributed by atoms with E-state index < -0.39 is 0 Å². The maximum atomic E-state index is 11.0. The Morgan fingerprint density at radius 3 is 3.13 bits per heavy atom. The lowest BCUT2D eigenvalue weighted by molar-refractivity contribution is -0.122. The number of aromatic nitrogens is 1. The number of halogens is 1. The van der Waals surface area contributed by atoms with Crippen molar-refractivity contribution in [1.82, 2.24) is 10.3 Å². The largest absolute Gasteiger partial charge is 0.482 e. The number of nitrogens with zero attached hydrogens (tertiary/aromatic N) is 2. The van der Waals surface area contributed by atoms with Gasteiger partial charge in [0.2, 0.25) is 0 Å². The van der Waals surface area contributed by atoms with Crippen molar-refractivity contribution in [1.29, 1.82) is 5.26 Å². The highest BCUT2D eigenvalue weighted by atomic mass is 79.9. The van der Waals surface area contributed by atoms with Crippen LogP contribution in [0.1, 0.15) is 0 Å². The molecular formula is C9H8BrN3O2. The number of ether oxygens (including phenoxy) is 1. The maximum Gasteiger partial charge on any atom is 0.258 e. The maximum absolute atomic E-state index is 11.0. The molecular weight excluding hydrogens is 262 g/mol. The van der Waals surface area contributed by atoms with Crippen LogP contribution >= 0.6 is 15.9 Å². The molecule has 5 nitrogen and oxygen atoms in total. The second-order valence-electron chi connectivity index (χ2n) is 2.56. The normalized spacial score (nSPS) is 9.07. The number of hydrogen-bond donors (Lipinski definition) is 1. The molecule has 0 aliphatic rings. The Labute approximate surface area is 95.2 Å². The van der Waals surface area contributed by atoms with Gasteiger partial charge in [0.15, 0.2) is 6.61 Å². The molecule has 1 heterocycles. The highest BCUT2D eigenvalue weighted by Gasteiger charge is 2.01. The van der Waals surface area contributed by atoms with Gasteiger partial charge in [-0.05, 0) is 22.0 Å². The summed E-state index contributed by atoms with van der Waals surface area (Å²) < 4.78 is 5.91. The lowest BCUT2D eigenvalue weighted by atomic mass is 10.4. The Kier molecular flexibility index (Phi) is 4.57. The molecule has 0 aliphatic heterocycles. The van der Waals surface area contributed by atoms with E-state index in [9.17, 15) is 4.79 Å². The fourth-order valence-electron chi connectivity index (χ4n) is 0.809. The SMILES string of the molecule is N#CCNC(=O)COc1cncc(Br)c1. The summed E-state index contributed by atoms with van der Waals surface area (Å²) in [5.74, 6) is 0.160. The third-order valence-corrected chi connectivity index (χ3v) is 1.85. The van der Waals surface area contributed by atoms with Gasteiger partial charge in [-0.3, -0.25) is 9.78 Å². The summed E-state index contributed by atoms with van der Waals surface area (Å²) in [4.78, 5) is 14.9. The minimum Gasteiger partial charge on any atom is -0.482 e.